The number of anilines is 2. The first-order valence-corrected chi connectivity index (χ1v) is 12.2. The number of benzene rings is 2. The minimum Gasteiger partial charge on any atom is -0.495 e. The van der Waals surface area contributed by atoms with Crippen molar-refractivity contribution < 1.29 is 32.6 Å². The zero-order chi connectivity index (χ0) is 24.2. The first-order valence-electron chi connectivity index (χ1n) is 10.3. The number of carboxylic acid groups (broad SMARTS) is 1. The lowest BCUT2D eigenvalue weighted by Crippen LogP contribution is -2.39. The van der Waals surface area contributed by atoms with E-state index in [9.17, 15) is 23.1 Å². The number of rotatable bonds is 8. The van der Waals surface area contributed by atoms with Crippen molar-refractivity contribution in [3.8, 4) is 5.75 Å². The first-order chi connectivity index (χ1) is 15.7. The summed E-state index contributed by atoms with van der Waals surface area (Å²) in [5.41, 5.74) is 0.478. The topological polar surface area (TPSA) is 122 Å². The second-order valence-corrected chi connectivity index (χ2v) is 9.57. The molecule has 3 rings (SSSR count). The Labute approximate surface area is 197 Å². The highest BCUT2D eigenvalue weighted by molar-refractivity contribution is 7.92. The number of carbonyl (C=O) groups excluding carboxylic acids is 1. The molecule has 2 N–H and O–H groups in total. The van der Waals surface area contributed by atoms with E-state index in [0.29, 0.717) is 37.4 Å². The number of hydrogen-bond acceptors (Lipinski definition) is 7. The number of hydrogen-bond donors (Lipinski definition) is 2. The molecule has 9 nitrogen and oxygen atoms in total. The highest BCUT2D eigenvalue weighted by Crippen LogP contribution is 2.34. The van der Waals surface area contributed by atoms with Crippen molar-refractivity contribution in [1.29, 1.82) is 0 Å². The number of halogens is 1. The van der Waals surface area contributed by atoms with Crippen LogP contribution in [0.25, 0.3) is 0 Å². The van der Waals surface area contributed by atoms with Crippen molar-refractivity contribution in [2.24, 2.45) is 5.92 Å². The van der Waals surface area contributed by atoms with Crippen LogP contribution in [-0.4, -0.2) is 52.3 Å². The lowest BCUT2D eigenvalue weighted by Gasteiger charge is -2.34. The number of carbonyl (C=O) groups is 2. The predicted molar refractivity (Wildman–Crippen MR) is 124 cm³/mol. The molecule has 2 aromatic carbocycles. The molecule has 1 heterocycles. The van der Waals surface area contributed by atoms with Crippen molar-refractivity contribution in [1.82, 2.24) is 0 Å². The number of esters is 1. The lowest BCUT2D eigenvalue weighted by atomic mass is 9.97. The van der Waals surface area contributed by atoms with Gasteiger partial charge in [-0.15, -0.1) is 0 Å². The van der Waals surface area contributed by atoms with Crippen molar-refractivity contribution >= 4 is 44.9 Å². The van der Waals surface area contributed by atoms with Gasteiger partial charge in [0.2, 0.25) is 0 Å². The van der Waals surface area contributed by atoms with Gasteiger partial charge in [-0.3, -0.25) is 9.52 Å². The first kappa shape index (κ1) is 24.7. The smallest absolute Gasteiger partial charge is 0.335 e. The molecule has 1 fully saturated rings. The van der Waals surface area contributed by atoms with Gasteiger partial charge in [0.15, 0.2) is 0 Å². The van der Waals surface area contributed by atoms with Gasteiger partial charge in [0.25, 0.3) is 10.0 Å². The summed E-state index contributed by atoms with van der Waals surface area (Å²) in [4.78, 5) is 25.5. The van der Waals surface area contributed by atoms with Crippen LogP contribution in [0.5, 0.6) is 5.75 Å². The summed E-state index contributed by atoms with van der Waals surface area (Å²) in [7, 11) is -2.69. The second-order valence-electron chi connectivity index (χ2n) is 7.48. The summed E-state index contributed by atoms with van der Waals surface area (Å²) in [5, 5.41) is 9.53. The molecular formula is C22H25ClN2O7S. The number of sulfonamides is 1. The van der Waals surface area contributed by atoms with Crippen molar-refractivity contribution in [2.75, 3.05) is 36.4 Å². The summed E-state index contributed by atoms with van der Waals surface area (Å²) in [6.07, 6.45) is 1.36. The Hall–Kier alpha value is -2.98. The molecular weight excluding hydrogens is 472 g/mol. The minimum atomic E-state index is -4.10. The minimum absolute atomic E-state index is 0.0804. The number of piperidine rings is 1. The van der Waals surface area contributed by atoms with Crippen molar-refractivity contribution in [2.45, 2.75) is 24.7 Å². The van der Waals surface area contributed by atoms with Crippen LogP contribution < -0.4 is 14.4 Å². The van der Waals surface area contributed by atoms with Gasteiger partial charge in [-0.05, 0) is 56.2 Å². The fourth-order valence-corrected chi connectivity index (χ4v) is 5.11. The summed E-state index contributed by atoms with van der Waals surface area (Å²) < 4.78 is 38.8. The Morgan fingerprint density at radius 2 is 2.00 bits per heavy atom. The molecule has 1 aliphatic heterocycles. The quantitative estimate of drug-likeness (QED) is 0.531. The molecule has 33 heavy (non-hydrogen) atoms. The van der Waals surface area contributed by atoms with Crippen LogP contribution in [0, 0.1) is 5.92 Å². The Bertz CT molecular complexity index is 1150. The number of carboxylic acids is 1. The third-order valence-corrected chi connectivity index (χ3v) is 6.96. The Kier molecular flexibility index (Phi) is 7.70. The Morgan fingerprint density at radius 1 is 1.24 bits per heavy atom. The van der Waals surface area contributed by atoms with Crippen LogP contribution in [0.15, 0.2) is 41.3 Å². The van der Waals surface area contributed by atoms with Crippen molar-refractivity contribution in [3.63, 3.8) is 0 Å². The third kappa shape index (κ3) is 5.69. The van der Waals surface area contributed by atoms with Crippen LogP contribution in [0.2, 0.25) is 5.02 Å². The Morgan fingerprint density at radius 3 is 2.64 bits per heavy atom. The maximum Gasteiger partial charge on any atom is 0.335 e. The molecule has 0 bridgehead atoms. The zero-order valence-electron chi connectivity index (χ0n) is 18.2. The molecule has 1 unspecified atom stereocenters. The molecule has 0 saturated carbocycles. The fourth-order valence-electron chi connectivity index (χ4n) is 3.69. The molecule has 0 amide bonds. The summed E-state index contributed by atoms with van der Waals surface area (Å²) in [6.45, 7) is 2.92. The van der Waals surface area contributed by atoms with E-state index in [1.807, 2.05) is 4.90 Å². The van der Waals surface area contributed by atoms with E-state index in [-0.39, 0.29) is 39.7 Å². The van der Waals surface area contributed by atoms with E-state index in [0.717, 1.165) is 0 Å². The van der Waals surface area contributed by atoms with Gasteiger partial charge in [-0.2, -0.15) is 0 Å². The molecule has 1 saturated heterocycles. The molecule has 1 aliphatic rings. The second kappa shape index (κ2) is 10.3. The van der Waals surface area contributed by atoms with Crippen LogP contribution in [0.1, 0.15) is 30.1 Å². The molecule has 178 valence electrons. The number of nitrogens with zero attached hydrogens (tertiary/aromatic N) is 1. The third-order valence-electron chi connectivity index (χ3n) is 5.30. The molecule has 1 atom stereocenters. The summed E-state index contributed by atoms with van der Waals surface area (Å²) in [6, 6.07) is 8.21. The van der Waals surface area contributed by atoms with E-state index in [4.69, 9.17) is 21.1 Å². The lowest BCUT2D eigenvalue weighted by molar-refractivity contribution is -0.148. The molecule has 0 spiro atoms. The number of methoxy groups -OCH3 is 1. The molecule has 11 heteroatoms. The average molecular weight is 497 g/mol. The monoisotopic (exact) mass is 496 g/mol. The van der Waals surface area contributed by atoms with Gasteiger partial charge in [0.1, 0.15) is 5.75 Å². The maximum absolute atomic E-state index is 13.1. The van der Waals surface area contributed by atoms with Gasteiger partial charge >= 0.3 is 11.9 Å². The highest BCUT2D eigenvalue weighted by Gasteiger charge is 2.29. The number of nitrogens with one attached hydrogen (secondary N) is 1. The SMILES string of the molecule is CCOC(=O)C1CCCN(c2ccc(C(=O)O)cc2NS(=O)(=O)c2ccc(OC)c(Cl)c2)C1. The zero-order valence-corrected chi connectivity index (χ0v) is 19.8. The van der Waals surface area contributed by atoms with Gasteiger partial charge < -0.3 is 19.5 Å². The molecule has 0 radical (unpaired) electrons. The van der Waals surface area contributed by atoms with Gasteiger partial charge in [0, 0.05) is 13.1 Å². The largest absolute Gasteiger partial charge is 0.495 e. The van der Waals surface area contributed by atoms with Crippen LogP contribution >= 0.6 is 11.6 Å². The number of aromatic carboxylic acids is 1. The van der Waals surface area contributed by atoms with Gasteiger partial charge in [0.05, 0.1) is 46.5 Å². The van der Waals surface area contributed by atoms with E-state index >= 15 is 0 Å². The summed E-state index contributed by atoms with van der Waals surface area (Å²) >= 11 is 6.08. The maximum atomic E-state index is 13.1. The highest BCUT2D eigenvalue weighted by atomic mass is 35.5. The van der Waals surface area contributed by atoms with Gasteiger partial charge in [-0.1, -0.05) is 11.6 Å². The van der Waals surface area contributed by atoms with E-state index < -0.39 is 16.0 Å². The number of ether oxygens (including phenoxy) is 2. The molecule has 0 aromatic heterocycles. The van der Waals surface area contributed by atoms with Gasteiger partial charge in [-0.25, -0.2) is 13.2 Å². The van der Waals surface area contributed by atoms with Crippen molar-refractivity contribution in [3.05, 3.63) is 47.0 Å². The Balaban J connectivity index is 1.96. The standard InChI is InChI=1S/C22H25ClN2O7S/c1-3-32-22(28)15-5-4-10-25(13-15)19-8-6-14(21(26)27)11-18(19)24-33(29,30)16-7-9-20(31-2)17(23)12-16/h6-9,11-12,15,24H,3-5,10,13H2,1-2H3,(H,26,27). The average Bonchev–Trinajstić information content (AvgIpc) is 2.79. The van der Waals surface area contributed by atoms with E-state index in [2.05, 4.69) is 4.72 Å². The normalized spacial score (nSPS) is 16.2. The summed E-state index contributed by atoms with van der Waals surface area (Å²) in [5.74, 6) is -1.54. The van der Waals surface area contributed by atoms with Crippen LogP contribution in [0.3, 0.4) is 0 Å². The van der Waals surface area contributed by atoms with E-state index in [1.54, 1.807) is 6.92 Å². The predicted octanol–water partition coefficient (Wildman–Crippen LogP) is 3.63. The molecule has 2 aromatic rings. The van der Waals surface area contributed by atoms with Crippen LogP contribution in [-0.2, 0) is 19.6 Å². The molecule has 0 aliphatic carbocycles. The fraction of sp³-hybridized carbons (Fsp3) is 0.364. The van der Waals surface area contributed by atoms with Crippen LogP contribution in [0.4, 0.5) is 11.4 Å². The van der Waals surface area contributed by atoms with E-state index in [1.165, 1.54) is 43.5 Å².